The lowest BCUT2D eigenvalue weighted by Crippen LogP contribution is -2.33. The van der Waals surface area contributed by atoms with Crippen molar-refractivity contribution < 1.29 is 4.74 Å². The van der Waals surface area contributed by atoms with Crippen LogP contribution in [0.4, 0.5) is 0 Å². The molecule has 27 heavy (non-hydrogen) atoms. The van der Waals surface area contributed by atoms with E-state index in [2.05, 4.69) is 6.07 Å². The van der Waals surface area contributed by atoms with Gasteiger partial charge in [0, 0.05) is 10.4 Å². The van der Waals surface area contributed by atoms with E-state index in [0.717, 1.165) is 27.7 Å². The quantitative estimate of drug-likeness (QED) is 0.829. The van der Waals surface area contributed by atoms with Crippen molar-refractivity contribution >= 4 is 34.2 Å². The lowest BCUT2D eigenvalue weighted by molar-refractivity contribution is 0.414. The Morgan fingerprint density at radius 3 is 2.52 bits per heavy atom. The maximum Gasteiger partial charge on any atom is 0.174 e. The topological polar surface area (TPSA) is 74.6 Å². The Kier molecular flexibility index (Phi) is 4.56. The summed E-state index contributed by atoms with van der Waals surface area (Å²) in [5.74, 6) is 1.18. The van der Waals surface area contributed by atoms with Crippen LogP contribution in [0.2, 0.25) is 5.02 Å². The standard InChI is InChI=1S/C20H15ClN4OS/c1-26-15-8-4-12(5-9-15)17-11-27-20-24-18(13-2-6-14(21)7-3-13)16(10-22)19(23)25(17)20/h2-9,11,18H,23H2,1H3. The summed E-state index contributed by atoms with van der Waals surface area (Å²) >= 11 is 7.47. The smallest absolute Gasteiger partial charge is 0.174 e. The number of rotatable bonds is 3. The van der Waals surface area contributed by atoms with Crippen LogP contribution in [0.25, 0.3) is 5.70 Å². The molecule has 0 fully saturated rings. The molecule has 2 aromatic rings. The van der Waals surface area contributed by atoms with E-state index >= 15 is 0 Å². The molecule has 2 aliphatic heterocycles. The number of hydrogen-bond acceptors (Lipinski definition) is 6. The molecular formula is C20H15ClN4OS. The summed E-state index contributed by atoms with van der Waals surface area (Å²) in [6.45, 7) is 0. The van der Waals surface area contributed by atoms with E-state index in [1.165, 1.54) is 11.8 Å². The van der Waals surface area contributed by atoms with E-state index in [1.807, 2.05) is 46.7 Å². The second-order valence-corrected chi connectivity index (χ2v) is 7.23. The molecule has 7 heteroatoms. The highest BCUT2D eigenvalue weighted by molar-refractivity contribution is 8.16. The maximum atomic E-state index is 9.74. The summed E-state index contributed by atoms with van der Waals surface area (Å²) < 4.78 is 5.22. The van der Waals surface area contributed by atoms with Crippen molar-refractivity contribution in [2.24, 2.45) is 10.7 Å². The van der Waals surface area contributed by atoms with E-state index in [1.54, 1.807) is 19.2 Å². The Morgan fingerprint density at radius 1 is 1.19 bits per heavy atom. The fourth-order valence-corrected chi connectivity index (χ4v) is 4.09. The largest absolute Gasteiger partial charge is 0.497 e. The molecule has 5 nitrogen and oxygen atoms in total. The molecule has 2 aromatic carbocycles. The number of benzene rings is 2. The lowest BCUT2D eigenvalue weighted by atomic mass is 9.98. The zero-order chi connectivity index (χ0) is 19.0. The van der Waals surface area contributed by atoms with Gasteiger partial charge in [0.2, 0.25) is 0 Å². The summed E-state index contributed by atoms with van der Waals surface area (Å²) in [6, 6.07) is 16.8. The van der Waals surface area contributed by atoms with Crippen LogP contribution in [0, 0.1) is 11.3 Å². The Bertz CT molecular complexity index is 1020. The van der Waals surface area contributed by atoms with Crippen molar-refractivity contribution in [1.29, 1.82) is 5.26 Å². The number of ether oxygens (including phenoxy) is 1. The summed E-state index contributed by atoms with van der Waals surface area (Å²) in [5.41, 5.74) is 9.57. The van der Waals surface area contributed by atoms with Crippen LogP contribution >= 0.6 is 23.4 Å². The highest BCUT2D eigenvalue weighted by Gasteiger charge is 2.35. The molecule has 0 bridgehead atoms. The highest BCUT2D eigenvalue weighted by Crippen LogP contribution is 2.43. The summed E-state index contributed by atoms with van der Waals surface area (Å²) in [5, 5.41) is 13.1. The van der Waals surface area contributed by atoms with Crippen LogP contribution in [-0.2, 0) is 0 Å². The number of thioether (sulfide) groups is 1. The monoisotopic (exact) mass is 394 g/mol. The van der Waals surface area contributed by atoms with Crippen LogP contribution in [0.5, 0.6) is 5.75 Å². The number of aliphatic imine (C=N–C) groups is 1. The molecule has 0 aliphatic carbocycles. The average Bonchev–Trinajstić information content (AvgIpc) is 3.13. The fourth-order valence-electron chi connectivity index (χ4n) is 3.04. The minimum absolute atomic E-state index is 0.398. The van der Waals surface area contributed by atoms with Gasteiger partial charge in [0.25, 0.3) is 0 Å². The Balaban J connectivity index is 1.73. The first kappa shape index (κ1) is 17.5. The number of fused-ring (bicyclic) bond motifs is 1. The van der Waals surface area contributed by atoms with Crippen LogP contribution < -0.4 is 10.5 Å². The molecule has 0 aromatic heterocycles. The van der Waals surface area contributed by atoms with Gasteiger partial charge in [0.05, 0.1) is 18.4 Å². The predicted octanol–water partition coefficient (Wildman–Crippen LogP) is 4.50. The highest BCUT2D eigenvalue weighted by atomic mass is 35.5. The number of nitrogens with zero attached hydrogens (tertiary/aromatic N) is 3. The minimum Gasteiger partial charge on any atom is -0.497 e. The molecule has 0 spiro atoms. The van der Waals surface area contributed by atoms with E-state index < -0.39 is 6.04 Å². The zero-order valence-electron chi connectivity index (χ0n) is 14.4. The molecular weight excluding hydrogens is 380 g/mol. The molecule has 2 heterocycles. The first-order chi connectivity index (χ1) is 13.1. The first-order valence-electron chi connectivity index (χ1n) is 8.16. The summed E-state index contributed by atoms with van der Waals surface area (Å²) in [7, 11) is 1.63. The molecule has 134 valence electrons. The summed E-state index contributed by atoms with van der Waals surface area (Å²) in [6.07, 6.45) is 0. The molecule has 2 aliphatic rings. The van der Waals surface area contributed by atoms with Gasteiger partial charge in [-0.3, -0.25) is 4.90 Å². The van der Waals surface area contributed by atoms with Gasteiger partial charge in [-0.05, 0) is 47.5 Å². The first-order valence-corrected chi connectivity index (χ1v) is 9.42. The molecule has 0 amide bonds. The van der Waals surface area contributed by atoms with Gasteiger partial charge in [-0.1, -0.05) is 35.5 Å². The van der Waals surface area contributed by atoms with Crippen molar-refractivity contribution in [2.45, 2.75) is 6.04 Å². The third kappa shape index (κ3) is 3.05. The van der Waals surface area contributed by atoms with Crippen LogP contribution in [0.3, 0.4) is 0 Å². The van der Waals surface area contributed by atoms with Crippen molar-refractivity contribution in [2.75, 3.05) is 7.11 Å². The molecule has 1 unspecified atom stereocenters. The fraction of sp³-hybridized carbons (Fsp3) is 0.100. The number of amidine groups is 1. The molecule has 0 saturated heterocycles. The molecule has 0 saturated carbocycles. The third-order valence-corrected chi connectivity index (χ3v) is 5.52. The lowest BCUT2D eigenvalue weighted by Gasteiger charge is -2.30. The summed E-state index contributed by atoms with van der Waals surface area (Å²) in [4.78, 5) is 6.61. The number of methoxy groups -OCH3 is 1. The normalized spacial score (nSPS) is 18.6. The van der Waals surface area contributed by atoms with Crippen molar-refractivity contribution in [3.63, 3.8) is 0 Å². The maximum absolute atomic E-state index is 9.74. The van der Waals surface area contributed by atoms with E-state index in [4.69, 9.17) is 27.1 Å². The molecule has 0 radical (unpaired) electrons. The van der Waals surface area contributed by atoms with Crippen LogP contribution in [-0.4, -0.2) is 17.2 Å². The predicted molar refractivity (Wildman–Crippen MR) is 109 cm³/mol. The SMILES string of the molecule is COc1ccc(C2=CSC3=NC(c4ccc(Cl)cc4)C(C#N)=C(N)N23)cc1. The second-order valence-electron chi connectivity index (χ2n) is 5.96. The van der Waals surface area contributed by atoms with Gasteiger partial charge in [0.15, 0.2) is 5.17 Å². The van der Waals surface area contributed by atoms with Crippen LogP contribution in [0.1, 0.15) is 17.2 Å². The number of halogens is 1. The molecule has 1 atom stereocenters. The van der Waals surface area contributed by atoms with Crippen molar-refractivity contribution in [3.8, 4) is 11.8 Å². The van der Waals surface area contributed by atoms with Gasteiger partial charge < -0.3 is 10.5 Å². The Morgan fingerprint density at radius 2 is 1.89 bits per heavy atom. The van der Waals surface area contributed by atoms with Crippen LogP contribution in [0.15, 0.2) is 70.3 Å². The van der Waals surface area contributed by atoms with Crippen molar-refractivity contribution in [3.05, 3.63) is 81.5 Å². The second kappa shape index (κ2) is 7.03. The Labute approximate surface area is 166 Å². The zero-order valence-corrected chi connectivity index (χ0v) is 16.0. The number of nitrogens with two attached hydrogens (primary N) is 1. The molecule has 2 N–H and O–H groups in total. The number of nitriles is 1. The van der Waals surface area contributed by atoms with E-state index in [9.17, 15) is 5.26 Å². The van der Waals surface area contributed by atoms with E-state index in [0.29, 0.717) is 16.4 Å². The van der Waals surface area contributed by atoms with E-state index in [-0.39, 0.29) is 0 Å². The third-order valence-electron chi connectivity index (χ3n) is 4.43. The van der Waals surface area contributed by atoms with Gasteiger partial charge in [0.1, 0.15) is 23.7 Å². The minimum atomic E-state index is -0.436. The van der Waals surface area contributed by atoms with Gasteiger partial charge in [-0.15, -0.1) is 0 Å². The van der Waals surface area contributed by atoms with Gasteiger partial charge in [-0.25, -0.2) is 4.99 Å². The van der Waals surface area contributed by atoms with Crippen molar-refractivity contribution in [1.82, 2.24) is 4.90 Å². The van der Waals surface area contributed by atoms with Gasteiger partial charge >= 0.3 is 0 Å². The average molecular weight is 395 g/mol. The Hall–Kier alpha value is -2.88. The molecule has 4 rings (SSSR count). The number of hydrogen-bond donors (Lipinski definition) is 1. The van der Waals surface area contributed by atoms with Gasteiger partial charge in [-0.2, -0.15) is 5.26 Å².